The molecule has 6 heteroatoms. The van der Waals surface area contributed by atoms with Gasteiger partial charge in [-0.25, -0.2) is 9.97 Å². The first-order valence-corrected chi connectivity index (χ1v) is 6.10. The molecule has 0 bridgehead atoms. The minimum atomic E-state index is 0.520. The van der Waals surface area contributed by atoms with Crippen LogP contribution in [0.15, 0.2) is 33.1 Å². The second-order valence-corrected chi connectivity index (χ2v) is 5.30. The fourth-order valence-corrected chi connectivity index (χ4v) is 2.79. The summed E-state index contributed by atoms with van der Waals surface area (Å²) in [6, 6.07) is 3.65. The van der Waals surface area contributed by atoms with Gasteiger partial charge < -0.3 is 0 Å². The van der Waals surface area contributed by atoms with Crippen LogP contribution in [0.5, 0.6) is 0 Å². The third kappa shape index (κ3) is 2.60. The van der Waals surface area contributed by atoms with E-state index in [1.54, 1.807) is 17.6 Å². The van der Waals surface area contributed by atoms with Crippen LogP contribution >= 0.6 is 46.3 Å². The summed E-state index contributed by atoms with van der Waals surface area (Å²) in [6.45, 7) is 0. The lowest BCUT2D eigenvalue weighted by atomic mass is 10.5. The van der Waals surface area contributed by atoms with Crippen LogP contribution in [0.2, 0.25) is 10.2 Å². The fourth-order valence-electron chi connectivity index (χ4n) is 0.798. The normalized spacial score (nSPS) is 10.4. The summed E-state index contributed by atoms with van der Waals surface area (Å²) in [5.41, 5.74) is 0. The molecule has 0 fully saturated rings. The first-order chi connectivity index (χ1) is 6.74. The van der Waals surface area contributed by atoms with E-state index in [2.05, 4.69) is 9.97 Å². The molecule has 0 saturated carbocycles. The number of pyridine rings is 1. The molecular weight excluding hydrogens is 259 g/mol. The molecule has 0 spiro atoms. The maximum atomic E-state index is 5.71. The lowest BCUT2D eigenvalue weighted by molar-refractivity contribution is 1.12. The van der Waals surface area contributed by atoms with Crippen LogP contribution in [0.25, 0.3) is 0 Å². The van der Waals surface area contributed by atoms with Crippen LogP contribution in [0.4, 0.5) is 0 Å². The number of hydrogen-bond donors (Lipinski definition) is 0. The third-order valence-corrected chi connectivity index (χ3v) is 3.78. The van der Waals surface area contributed by atoms with Gasteiger partial charge in [0, 0.05) is 11.6 Å². The van der Waals surface area contributed by atoms with Gasteiger partial charge >= 0.3 is 0 Å². The Balaban J connectivity index is 2.15. The van der Waals surface area contributed by atoms with E-state index in [0.29, 0.717) is 10.2 Å². The zero-order chi connectivity index (χ0) is 9.97. The van der Waals surface area contributed by atoms with Gasteiger partial charge in [0.15, 0.2) is 4.34 Å². The number of nitrogens with zero attached hydrogens (tertiary/aromatic N) is 2. The summed E-state index contributed by atoms with van der Waals surface area (Å²) in [5, 5.41) is 3.80. The van der Waals surface area contributed by atoms with Crippen molar-refractivity contribution in [2.75, 3.05) is 0 Å². The minimum Gasteiger partial charge on any atom is -0.248 e. The third-order valence-electron chi connectivity index (χ3n) is 1.35. The van der Waals surface area contributed by atoms with Gasteiger partial charge in [-0.05, 0) is 23.9 Å². The first-order valence-electron chi connectivity index (χ1n) is 3.64. The predicted octanol–water partition coefficient (Wildman–Crippen LogP) is 4.00. The molecule has 0 radical (unpaired) electrons. The van der Waals surface area contributed by atoms with Crippen molar-refractivity contribution in [2.45, 2.75) is 9.37 Å². The van der Waals surface area contributed by atoms with E-state index in [-0.39, 0.29) is 0 Å². The Kier molecular flexibility index (Phi) is 3.28. The molecule has 0 aliphatic heterocycles. The second-order valence-electron chi connectivity index (χ2n) is 2.35. The van der Waals surface area contributed by atoms with E-state index in [4.69, 9.17) is 23.2 Å². The van der Waals surface area contributed by atoms with Gasteiger partial charge in [-0.3, -0.25) is 0 Å². The smallest absolute Gasteiger partial charge is 0.157 e. The molecule has 0 saturated heterocycles. The molecule has 0 aliphatic carbocycles. The number of hydrogen-bond acceptors (Lipinski definition) is 4. The summed E-state index contributed by atoms with van der Waals surface area (Å²) >= 11 is 14.4. The summed E-state index contributed by atoms with van der Waals surface area (Å²) < 4.78 is 0.879. The van der Waals surface area contributed by atoms with Crippen molar-refractivity contribution in [3.63, 3.8) is 0 Å². The van der Waals surface area contributed by atoms with Crippen molar-refractivity contribution < 1.29 is 0 Å². The van der Waals surface area contributed by atoms with Gasteiger partial charge in [-0.15, -0.1) is 11.3 Å². The standard InChI is InChI=1S/C8H4Cl2N2S2/c9-5-1-2-7(11-3-5)14-8-12-6(10)4-13-8/h1-4H. The lowest BCUT2D eigenvalue weighted by Gasteiger charge is -1.95. The molecule has 2 aromatic heterocycles. The molecule has 0 unspecified atom stereocenters. The Labute approximate surface area is 99.3 Å². The van der Waals surface area contributed by atoms with Gasteiger partial charge in [0.25, 0.3) is 0 Å². The Morgan fingerprint density at radius 2 is 2.14 bits per heavy atom. The van der Waals surface area contributed by atoms with Gasteiger partial charge in [0.05, 0.1) is 5.02 Å². The largest absolute Gasteiger partial charge is 0.248 e. The highest BCUT2D eigenvalue weighted by molar-refractivity contribution is 8.01. The Morgan fingerprint density at radius 1 is 1.29 bits per heavy atom. The van der Waals surface area contributed by atoms with E-state index in [1.807, 2.05) is 6.07 Å². The summed E-state index contributed by atoms with van der Waals surface area (Å²) in [6.07, 6.45) is 1.61. The molecular formula is C8H4Cl2N2S2. The molecule has 72 valence electrons. The maximum Gasteiger partial charge on any atom is 0.157 e. The molecule has 14 heavy (non-hydrogen) atoms. The quantitative estimate of drug-likeness (QED) is 0.819. The SMILES string of the molecule is Clc1ccc(Sc2nc(Cl)cs2)nc1. The number of thiazole rings is 1. The second kappa shape index (κ2) is 4.49. The molecule has 0 amide bonds. The zero-order valence-electron chi connectivity index (χ0n) is 6.78. The lowest BCUT2D eigenvalue weighted by Crippen LogP contribution is -1.77. The Morgan fingerprint density at radius 3 is 2.71 bits per heavy atom. The molecule has 2 heterocycles. The van der Waals surface area contributed by atoms with Crippen LogP contribution in [0.1, 0.15) is 0 Å². The summed E-state index contributed by atoms with van der Waals surface area (Å²) in [4.78, 5) is 8.24. The van der Waals surface area contributed by atoms with Gasteiger partial charge in [-0.1, -0.05) is 23.2 Å². The number of aromatic nitrogens is 2. The summed E-state index contributed by atoms with van der Waals surface area (Å²) in [7, 11) is 0. The number of rotatable bonds is 2. The van der Waals surface area contributed by atoms with Crippen LogP contribution in [0, 0.1) is 0 Å². The highest BCUT2D eigenvalue weighted by Crippen LogP contribution is 2.30. The van der Waals surface area contributed by atoms with Crippen molar-refractivity contribution in [3.05, 3.63) is 33.9 Å². The van der Waals surface area contributed by atoms with E-state index in [0.717, 1.165) is 9.37 Å². The molecule has 2 aromatic rings. The van der Waals surface area contributed by atoms with Crippen molar-refractivity contribution in [1.82, 2.24) is 9.97 Å². The van der Waals surface area contributed by atoms with E-state index < -0.39 is 0 Å². The number of halogens is 2. The van der Waals surface area contributed by atoms with Gasteiger partial charge in [0.2, 0.25) is 0 Å². The van der Waals surface area contributed by atoms with Crippen molar-refractivity contribution >= 4 is 46.3 Å². The minimum absolute atomic E-state index is 0.520. The van der Waals surface area contributed by atoms with Crippen LogP contribution in [-0.4, -0.2) is 9.97 Å². The van der Waals surface area contributed by atoms with Crippen molar-refractivity contribution in [2.24, 2.45) is 0 Å². The average molecular weight is 263 g/mol. The highest BCUT2D eigenvalue weighted by atomic mass is 35.5. The highest BCUT2D eigenvalue weighted by Gasteiger charge is 2.03. The topological polar surface area (TPSA) is 25.8 Å². The first kappa shape index (κ1) is 10.2. The predicted molar refractivity (Wildman–Crippen MR) is 60.5 cm³/mol. The van der Waals surface area contributed by atoms with E-state index in [1.165, 1.54) is 23.1 Å². The maximum absolute atomic E-state index is 5.71. The van der Waals surface area contributed by atoms with Crippen LogP contribution in [-0.2, 0) is 0 Å². The summed E-state index contributed by atoms with van der Waals surface area (Å²) in [5.74, 6) is 0. The van der Waals surface area contributed by atoms with Crippen molar-refractivity contribution in [1.29, 1.82) is 0 Å². The average Bonchev–Trinajstić information content (AvgIpc) is 2.56. The van der Waals surface area contributed by atoms with Crippen molar-refractivity contribution in [3.8, 4) is 0 Å². The van der Waals surface area contributed by atoms with Crippen LogP contribution in [0.3, 0.4) is 0 Å². The Bertz CT molecular complexity index is 427. The monoisotopic (exact) mass is 262 g/mol. The van der Waals surface area contributed by atoms with Gasteiger partial charge in [-0.2, -0.15) is 0 Å². The molecule has 0 aliphatic rings. The molecule has 2 nitrogen and oxygen atoms in total. The molecule has 0 atom stereocenters. The van der Waals surface area contributed by atoms with E-state index in [9.17, 15) is 0 Å². The molecule has 2 rings (SSSR count). The fraction of sp³-hybridized carbons (Fsp3) is 0. The van der Waals surface area contributed by atoms with E-state index >= 15 is 0 Å². The molecule has 0 aromatic carbocycles. The molecule has 0 N–H and O–H groups in total. The van der Waals surface area contributed by atoms with Gasteiger partial charge in [0.1, 0.15) is 10.2 Å². The van der Waals surface area contributed by atoms with Crippen LogP contribution < -0.4 is 0 Å². The Hall–Kier alpha value is -0.290. The zero-order valence-corrected chi connectivity index (χ0v) is 9.92.